The van der Waals surface area contributed by atoms with Crippen LogP contribution in [-0.2, 0) is 33.3 Å². The van der Waals surface area contributed by atoms with Crippen LogP contribution in [0.15, 0.2) is 12.3 Å². The fraction of sp³-hybridized carbons (Fsp3) is 0.615. The molecule has 1 saturated heterocycles. The first kappa shape index (κ1) is 17.0. The highest BCUT2D eigenvalue weighted by Gasteiger charge is 2.48. The molecule has 0 aromatic carbocycles. The van der Waals surface area contributed by atoms with Gasteiger partial charge in [0, 0.05) is 27.9 Å². The minimum atomic E-state index is -1.03. The minimum absolute atomic E-state index is 0.0740. The van der Waals surface area contributed by atoms with Crippen molar-refractivity contribution >= 4 is 17.8 Å². The van der Waals surface area contributed by atoms with Crippen molar-refractivity contribution < 1.29 is 33.3 Å². The second-order valence-electron chi connectivity index (χ2n) is 4.52. The molecule has 1 fully saturated rings. The summed E-state index contributed by atoms with van der Waals surface area (Å²) in [6.07, 6.45) is -2.95. The van der Waals surface area contributed by atoms with Crippen molar-refractivity contribution in [2.45, 2.75) is 45.3 Å². The molecule has 8 nitrogen and oxygen atoms in total. The number of methoxy groups -OCH3 is 1. The number of hydrogen-bond donors (Lipinski definition) is 1. The molecule has 0 saturated carbocycles. The average molecular weight is 301 g/mol. The Hall–Kier alpha value is -2.09. The molecule has 4 atom stereocenters. The van der Waals surface area contributed by atoms with E-state index in [1.54, 1.807) is 0 Å². The Balaban J connectivity index is 3.11. The molecule has 0 aliphatic carbocycles. The standard InChI is InChI=1S/C13H19NO7/c1-6-11(20-8(3)16)12(21-9(4)17)10(14-7(2)15)13(18-5)19-6/h10-13H,1H2,2-5H3,(H,14,15)/t10-,11-,12-,13-/m1/s1. The molecule has 1 rings (SSSR count). The van der Waals surface area contributed by atoms with Crippen molar-refractivity contribution in [1.82, 2.24) is 5.32 Å². The van der Waals surface area contributed by atoms with Crippen LogP contribution in [0.4, 0.5) is 0 Å². The van der Waals surface area contributed by atoms with Gasteiger partial charge in [0.25, 0.3) is 0 Å². The van der Waals surface area contributed by atoms with Crippen LogP contribution >= 0.6 is 0 Å². The molecule has 118 valence electrons. The summed E-state index contributed by atoms with van der Waals surface area (Å²) in [6.45, 7) is 7.33. The molecular weight excluding hydrogens is 282 g/mol. The monoisotopic (exact) mass is 301 g/mol. The zero-order chi connectivity index (χ0) is 16.2. The zero-order valence-electron chi connectivity index (χ0n) is 12.4. The van der Waals surface area contributed by atoms with E-state index in [1.807, 2.05) is 0 Å². The number of carbonyl (C=O) groups is 3. The molecular formula is C13H19NO7. The predicted octanol–water partition coefficient (Wildman–Crippen LogP) is -0.129. The summed E-state index contributed by atoms with van der Waals surface area (Å²) in [5.74, 6) is -1.50. The second kappa shape index (κ2) is 7.07. The summed E-state index contributed by atoms with van der Waals surface area (Å²) < 4.78 is 20.7. The summed E-state index contributed by atoms with van der Waals surface area (Å²) in [5, 5.41) is 2.56. The van der Waals surface area contributed by atoms with Crippen molar-refractivity contribution in [2.75, 3.05) is 7.11 Å². The Kier molecular flexibility index (Phi) is 5.71. The predicted molar refractivity (Wildman–Crippen MR) is 69.7 cm³/mol. The van der Waals surface area contributed by atoms with Crippen LogP contribution in [0, 0.1) is 0 Å². The van der Waals surface area contributed by atoms with Gasteiger partial charge in [-0.3, -0.25) is 14.4 Å². The number of nitrogens with one attached hydrogen (secondary N) is 1. The topological polar surface area (TPSA) is 100 Å². The molecule has 0 unspecified atom stereocenters. The van der Waals surface area contributed by atoms with Crippen LogP contribution in [0.25, 0.3) is 0 Å². The van der Waals surface area contributed by atoms with Gasteiger partial charge >= 0.3 is 11.9 Å². The summed E-state index contributed by atoms with van der Waals surface area (Å²) in [5.41, 5.74) is 0. The number of carbonyl (C=O) groups excluding carboxylic acids is 3. The number of rotatable bonds is 4. The highest BCUT2D eigenvalue weighted by molar-refractivity contribution is 5.73. The van der Waals surface area contributed by atoms with E-state index in [9.17, 15) is 14.4 Å². The van der Waals surface area contributed by atoms with E-state index < -0.39 is 36.5 Å². The Morgan fingerprint density at radius 3 is 2.14 bits per heavy atom. The number of esters is 2. The Morgan fingerprint density at radius 1 is 1.14 bits per heavy atom. The van der Waals surface area contributed by atoms with Gasteiger partial charge in [0.1, 0.15) is 11.8 Å². The molecule has 1 heterocycles. The van der Waals surface area contributed by atoms with E-state index in [0.717, 1.165) is 0 Å². The maximum absolute atomic E-state index is 11.3. The third-order valence-electron chi connectivity index (χ3n) is 2.73. The van der Waals surface area contributed by atoms with Crippen LogP contribution in [0.3, 0.4) is 0 Å². The molecule has 0 aromatic heterocycles. The lowest BCUT2D eigenvalue weighted by Gasteiger charge is -2.41. The van der Waals surface area contributed by atoms with Gasteiger partial charge in [-0.1, -0.05) is 6.58 Å². The summed E-state index contributed by atoms with van der Waals surface area (Å²) in [7, 11) is 1.36. The first-order valence-electron chi connectivity index (χ1n) is 6.26. The van der Waals surface area contributed by atoms with Gasteiger partial charge in [-0.2, -0.15) is 0 Å². The molecule has 0 bridgehead atoms. The summed E-state index contributed by atoms with van der Waals surface area (Å²) in [6, 6.07) is -0.841. The van der Waals surface area contributed by atoms with E-state index in [1.165, 1.54) is 27.9 Å². The van der Waals surface area contributed by atoms with Crippen molar-refractivity contribution in [3.63, 3.8) is 0 Å². The molecule has 1 N–H and O–H groups in total. The Morgan fingerprint density at radius 2 is 1.71 bits per heavy atom. The maximum atomic E-state index is 11.3. The molecule has 0 radical (unpaired) electrons. The number of amides is 1. The molecule has 1 aliphatic rings. The molecule has 21 heavy (non-hydrogen) atoms. The normalized spacial score (nSPS) is 28.3. The Labute approximate surface area is 122 Å². The quantitative estimate of drug-likeness (QED) is 0.722. The maximum Gasteiger partial charge on any atom is 0.303 e. The average Bonchev–Trinajstić information content (AvgIpc) is 2.35. The molecule has 0 aromatic rings. The third kappa shape index (κ3) is 4.45. The molecule has 1 aliphatic heterocycles. The SMILES string of the molecule is C=C1O[C@@H](OC)[C@H](NC(C)=O)[C@@H](OC(C)=O)[C@@H]1OC(C)=O. The van der Waals surface area contributed by atoms with Crippen LogP contribution in [0.2, 0.25) is 0 Å². The first-order valence-corrected chi connectivity index (χ1v) is 6.26. The van der Waals surface area contributed by atoms with Crippen LogP contribution in [0.1, 0.15) is 20.8 Å². The first-order chi connectivity index (χ1) is 9.76. The van der Waals surface area contributed by atoms with Gasteiger partial charge in [0.05, 0.1) is 0 Å². The fourth-order valence-electron chi connectivity index (χ4n) is 2.03. The van der Waals surface area contributed by atoms with Gasteiger partial charge in [0.15, 0.2) is 12.2 Å². The number of ether oxygens (including phenoxy) is 4. The molecule has 1 amide bonds. The smallest absolute Gasteiger partial charge is 0.303 e. The third-order valence-corrected chi connectivity index (χ3v) is 2.73. The van der Waals surface area contributed by atoms with Gasteiger partial charge < -0.3 is 24.3 Å². The van der Waals surface area contributed by atoms with Crippen LogP contribution in [-0.4, -0.2) is 49.5 Å². The lowest BCUT2D eigenvalue weighted by Crippen LogP contribution is -2.61. The lowest BCUT2D eigenvalue weighted by molar-refractivity contribution is -0.214. The van der Waals surface area contributed by atoms with Gasteiger partial charge in [-0.05, 0) is 0 Å². The highest BCUT2D eigenvalue weighted by atomic mass is 16.7. The van der Waals surface area contributed by atoms with Crippen molar-refractivity contribution in [3.05, 3.63) is 12.3 Å². The van der Waals surface area contributed by atoms with Crippen molar-refractivity contribution in [1.29, 1.82) is 0 Å². The number of hydrogen-bond acceptors (Lipinski definition) is 7. The van der Waals surface area contributed by atoms with E-state index in [4.69, 9.17) is 18.9 Å². The van der Waals surface area contributed by atoms with Gasteiger partial charge in [0.2, 0.25) is 12.2 Å². The lowest BCUT2D eigenvalue weighted by atomic mass is 9.99. The molecule has 8 heteroatoms. The van der Waals surface area contributed by atoms with Crippen molar-refractivity contribution in [2.24, 2.45) is 0 Å². The van der Waals surface area contributed by atoms with Crippen molar-refractivity contribution in [3.8, 4) is 0 Å². The van der Waals surface area contributed by atoms with Crippen LogP contribution in [0.5, 0.6) is 0 Å². The van der Waals surface area contributed by atoms with Gasteiger partial charge in [-0.25, -0.2) is 0 Å². The van der Waals surface area contributed by atoms with E-state index >= 15 is 0 Å². The fourth-order valence-corrected chi connectivity index (χ4v) is 2.03. The van der Waals surface area contributed by atoms with Crippen LogP contribution < -0.4 is 5.32 Å². The summed E-state index contributed by atoms with van der Waals surface area (Å²) in [4.78, 5) is 33.8. The van der Waals surface area contributed by atoms with E-state index in [2.05, 4.69) is 11.9 Å². The molecule has 0 spiro atoms. The largest absolute Gasteiger partial charge is 0.463 e. The van der Waals surface area contributed by atoms with E-state index in [0.29, 0.717) is 0 Å². The van der Waals surface area contributed by atoms with E-state index in [-0.39, 0.29) is 11.7 Å². The van der Waals surface area contributed by atoms with Gasteiger partial charge in [-0.15, -0.1) is 0 Å². The zero-order valence-corrected chi connectivity index (χ0v) is 12.4. The summed E-state index contributed by atoms with van der Waals surface area (Å²) >= 11 is 0. The second-order valence-corrected chi connectivity index (χ2v) is 4.52. The Bertz CT molecular complexity index is 448. The highest BCUT2D eigenvalue weighted by Crippen LogP contribution is 2.28. The minimum Gasteiger partial charge on any atom is -0.463 e.